The number of hydrogen-bond acceptors (Lipinski definition) is 3. The summed E-state index contributed by atoms with van der Waals surface area (Å²) in [5, 5.41) is 4.28. The van der Waals surface area contributed by atoms with E-state index < -0.39 is 0 Å². The van der Waals surface area contributed by atoms with E-state index in [0.29, 0.717) is 6.54 Å². The zero-order valence-electron chi connectivity index (χ0n) is 10.9. The highest BCUT2D eigenvalue weighted by molar-refractivity contribution is 9.10. The Morgan fingerprint density at radius 3 is 2.56 bits per heavy atom. The molecule has 0 saturated carbocycles. The van der Waals surface area contributed by atoms with E-state index in [2.05, 4.69) is 26.0 Å². The summed E-state index contributed by atoms with van der Waals surface area (Å²) in [7, 11) is 1.87. The summed E-state index contributed by atoms with van der Waals surface area (Å²) in [6.07, 6.45) is 0. The van der Waals surface area contributed by atoms with E-state index in [1.54, 1.807) is 9.25 Å². The van der Waals surface area contributed by atoms with E-state index >= 15 is 0 Å². The van der Waals surface area contributed by atoms with Crippen molar-refractivity contribution in [1.29, 1.82) is 0 Å². The fraction of sp³-hybridized carbons (Fsp3) is 0.417. The van der Waals surface area contributed by atoms with E-state index in [1.165, 1.54) is 0 Å². The smallest absolute Gasteiger partial charge is 0.289 e. The Morgan fingerprint density at radius 1 is 1.33 bits per heavy atom. The van der Waals surface area contributed by atoms with Gasteiger partial charge in [0.25, 0.3) is 0 Å². The molecule has 2 aromatic rings. The summed E-state index contributed by atoms with van der Waals surface area (Å²) in [5.41, 5.74) is 3.29. The second kappa shape index (κ2) is 4.68. The van der Waals surface area contributed by atoms with E-state index in [-0.39, 0.29) is 5.69 Å². The molecule has 0 radical (unpaired) electrons. The molecule has 2 heterocycles. The summed E-state index contributed by atoms with van der Waals surface area (Å²) >= 11 is 3.46. The Morgan fingerprint density at radius 2 is 2.00 bits per heavy atom. The minimum absolute atomic E-state index is 0.230. The van der Waals surface area contributed by atoms with Crippen LogP contribution in [0.1, 0.15) is 22.8 Å². The minimum Gasteiger partial charge on any atom is -0.289 e. The van der Waals surface area contributed by atoms with Gasteiger partial charge in [0.05, 0.1) is 28.1 Å². The van der Waals surface area contributed by atoms with Crippen LogP contribution in [0.2, 0.25) is 0 Å². The number of hydrogen-bond donors (Lipinski definition) is 0. The van der Waals surface area contributed by atoms with Gasteiger partial charge in [-0.15, -0.1) is 0 Å². The lowest BCUT2D eigenvalue weighted by molar-refractivity contribution is 0.623. The van der Waals surface area contributed by atoms with Crippen LogP contribution in [-0.2, 0) is 13.6 Å². The number of halogens is 1. The van der Waals surface area contributed by atoms with Gasteiger partial charge < -0.3 is 0 Å². The van der Waals surface area contributed by atoms with Crippen molar-refractivity contribution in [3.8, 4) is 0 Å². The molecule has 0 atom stereocenters. The predicted octanol–water partition coefficient (Wildman–Crippen LogP) is 1.71. The van der Waals surface area contributed by atoms with Crippen molar-refractivity contribution in [3.05, 3.63) is 43.8 Å². The lowest BCUT2D eigenvalue weighted by Gasteiger charge is -2.12. The fourth-order valence-corrected chi connectivity index (χ4v) is 2.24. The molecule has 96 valence electrons. The Hall–Kier alpha value is -1.43. The summed E-state index contributed by atoms with van der Waals surface area (Å²) in [6.45, 7) is 6.14. The maximum Gasteiger partial charge on any atom is 0.348 e. The van der Waals surface area contributed by atoms with Crippen molar-refractivity contribution in [2.75, 3.05) is 0 Å². The molecule has 5 nitrogen and oxygen atoms in total. The number of rotatable bonds is 2. The monoisotopic (exact) mass is 310 g/mol. The molecular weight excluding hydrogens is 296 g/mol. The van der Waals surface area contributed by atoms with Gasteiger partial charge in [0.2, 0.25) is 0 Å². The Labute approximate surface area is 114 Å². The van der Waals surface area contributed by atoms with Crippen molar-refractivity contribution in [1.82, 2.24) is 19.3 Å². The molecule has 0 bridgehead atoms. The van der Waals surface area contributed by atoms with Crippen LogP contribution < -0.4 is 5.69 Å². The van der Waals surface area contributed by atoms with Crippen molar-refractivity contribution >= 4 is 15.9 Å². The number of aryl methyl sites for hydroxylation is 3. The fourth-order valence-electron chi connectivity index (χ4n) is 1.94. The lowest BCUT2D eigenvalue weighted by Crippen LogP contribution is -2.27. The van der Waals surface area contributed by atoms with Crippen LogP contribution in [0.3, 0.4) is 0 Å². The van der Waals surface area contributed by atoms with E-state index in [9.17, 15) is 4.79 Å². The first-order valence-electron chi connectivity index (χ1n) is 5.63. The third kappa shape index (κ3) is 2.25. The average Bonchev–Trinajstić information content (AvgIpc) is 2.60. The van der Waals surface area contributed by atoms with Gasteiger partial charge in [-0.25, -0.2) is 4.79 Å². The van der Waals surface area contributed by atoms with Crippen LogP contribution in [0.5, 0.6) is 0 Å². The molecule has 0 saturated heterocycles. The summed E-state index contributed by atoms with van der Waals surface area (Å²) in [5.74, 6) is 0. The van der Waals surface area contributed by atoms with Gasteiger partial charge in [-0.05, 0) is 42.8 Å². The van der Waals surface area contributed by atoms with Crippen molar-refractivity contribution in [2.45, 2.75) is 27.3 Å². The van der Waals surface area contributed by atoms with Crippen LogP contribution >= 0.6 is 15.9 Å². The molecule has 0 aliphatic heterocycles. The topological polar surface area (TPSA) is 52.7 Å². The Balaban J connectivity index is 2.50. The zero-order valence-corrected chi connectivity index (χ0v) is 12.4. The van der Waals surface area contributed by atoms with E-state index in [1.807, 2.05) is 33.9 Å². The van der Waals surface area contributed by atoms with Gasteiger partial charge in [0, 0.05) is 12.7 Å². The lowest BCUT2D eigenvalue weighted by atomic mass is 10.3. The molecule has 0 aromatic carbocycles. The average molecular weight is 311 g/mol. The molecule has 18 heavy (non-hydrogen) atoms. The van der Waals surface area contributed by atoms with Crippen LogP contribution in [-0.4, -0.2) is 19.3 Å². The minimum atomic E-state index is -0.230. The van der Waals surface area contributed by atoms with E-state index in [4.69, 9.17) is 0 Å². The molecule has 0 N–H and O–H groups in total. The second-order valence-corrected chi connectivity index (χ2v) is 5.16. The first-order chi connectivity index (χ1) is 8.40. The number of nitrogens with zero attached hydrogens (tertiary/aromatic N) is 4. The van der Waals surface area contributed by atoms with Gasteiger partial charge in [-0.1, -0.05) is 0 Å². The maximum atomic E-state index is 11.9. The van der Waals surface area contributed by atoms with Crippen molar-refractivity contribution in [2.24, 2.45) is 7.05 Å². The van der Waals surface area contributed by atoms with Crippen LogP contribution in [0.15, 0.2) is 15.3 Å². The Bertz CT molecular complexity index is 657. The normalized spacial score (nSPS) is 10.9. The first kappa shape index (κ1) is 13.0. The molecule has 0 spiro atoms. The largest absolute Gasteiger partial charge is 0.348 e. The van der Waals surface area contributed by atoms with Crippen LogP contribution in [0, 0.1) is 20.8 Å². The van der Waals surface area contributed by atoms with Gasteiger partial charge in [-0.3, -0.25) is 9.25 Å². The first-order valence-corrected chi connectivity index (χ1v) is 6.42. The van der Waals surface area contributed by atoms with Gasteiger partial charge in [0.15, 0.2) is 0 Å². The molecule has 2 aromatic heterocycles. The highest BCUT2D eigenvalue weighted by Gasteiger charge is 2.11. The predicted molar refractivity (Wildman–Crippen MR) is 72.7 cm³/mol. The van der Waals surface area contributed by atoms with E-state index in [0.717, 1.165) is 27.2 Å². The molecule has 0 unspecified atom stereocenters. The maximum absolute atomic E-state index is 11.9. The van der Waals surface area contributed by atoms with Crippen molar-refractivity contribution in [3.63, 3.8) is 0 Å². The highest BCUT2D eigenvalue weighted by Crippen LogP contribution is 2.17. The standard InChI is InChI=1S/C12H15BrN4O/c1-7-5-10(16(4)15-7)6-17-9(3)11(13)8(2)14-12(17)18/h5H,6H2,1-4H3. The molecule has 0 amide bonds. The molecular formula is C12H15BrN4O. The molecule has 0 aliphatic rings. The highest BCUT2D eigenvalue weighted by atomic mass is 79.9. The third-order valence-corrected chi connectivity index (χ3v) is 4.10. The van der Waals surface area contributed by atoms with Crippen LogP contribution in [0.25, 0.3) is 0 Å². The van der Waals surface area contributed by atoms with Gasteiger partial charge >= 0.3 is 5.69 Å². The van der Waals surface area contributed by atoms with Crippen LogP contribution in [0.4, 0.5) is 0 Å². The summed E-state index contributed by atoms with van der Waals surface area (Å²) in [4.78, 5) is 15.9. The van der Waals surface area contributed by atoms with Gasteiger partial charge in [0.1, 0.15) is 0 Å². The van der Waals surface area contributed by atoms with Crippen molar-refractivity contribution < 1.29 is 0 Å². The Kier molecular flexibility index (Phi) is 3.38. The third-order valence-electron chi connectivity index (χ3n) is 2.95. The van der Waals surface area contributed by atoms with Gasteiger partial charge in [-0.2, -0.15) is 10.1 Å². The quantitative estimate of drug-likeness (QED) is 0.848. The molecule has 6 heteroatoms. The molecule has 2 rings (SSSR count). The summed E-state index contributed by atoms with van der Waals surface area (Å²) < 4.78 is 4.31. The molecule has 0 aliphatic carbocycles. The second-order valence-electron chi connectivity index (χ2n) is 4.37. The summed E-state index contributed by atoms with van der Waals surface area (Å²) in [6, 6.07) is 1.97. The zero-order chi connectivity index (χ0) is 13.4. The SMILES string of the molecule is Cc1cc(Cn2c(C)c(Br)c(C)nc2=O)n(C)n1. The number of aromatic nitrogens is 4. The molecule has 0 fully saturated rings.